The third-order valence-electron chi connectivity index (χ3n) is 3.87. The van der Waals surface area contributed by atoms with Crippen molar-refractivity contribution >= 4 is 11.6 Å². The zero-order chi connectivity index (χ0) is 17.9. The monoisotopic (exact) mass is 346 g/mol. The van der Waals surface area contributed by atoms with Gasteiger partial charge in [0, 0.05) is 19.2 Å². The number of alkyl halides is 3. The smallest absolute Gasteiger partial charge is 0.422 e. The van der Waals surface area contributed by atoms with Crippen molar-refractivity contribution in [2.24, 2.45) is 5.92 Å². The number of hydrogen-bond acceptors (Lipinski definition) is 4. The molecule has 0 radical (unpaired) electrons. The molecule has 0 unspecified atom stereocenters. The number of carbonyl (C=O) groups excluding carboxylic acids is 1. The summed E-state index contributed by atoms with van der Waals surface area (Å²) in [7, 11) is 0. The summed E-state index contributed by atoms with van der Waals surface area (Å²) in [5.41, 5.74) is -0.702. The molecule has 1 aliphatic rings. The molecule has 1 amide bonds. The van der Waals surface area contributed by atoms with Crippen LogP contribution in [0.15, 0.2) is 18.2 Å². The second-order valence-corrected chi connectivity index (χ2v) is 5.81. The molecular formula is C15H17F3N2O4. The van der Waals surface area contributed by atoms with Gasteiger partial charge < -0.3 is 9.64 Å². The lowest BCUT2D eigenvalue weighted by molar-refractivity contribution is -0.385. The maximum absolute atomic E-state index is 12.5. The van der Waals surface area contributed by atoms with E-state index in [0.717, 1.165) is 31.0 Å². The molecule has 1 aromatic rings. The Morgan fingerprint density at radius 1 is 1.38 bits per heavy atom. The van der Waals surface area contributed by atoms with E-state index in [-0.39, 0.29) is 11.3 Å². The van der Waals surface area contributed by atoms with E-state index in [4.69, 9.17) is 0 Å². The van der Waals surface area contributed by atoms with Crippen LogP contribution in [0.1, 0.15) is 30.1 Å². The van der Waals surface area contributed by atoms with Gasteiger partial charge in [0.2, 0.25) is 0 Å². The van der Waals surface area contributed by atoms with Gasteiger partial charge in [-0.1, -0.05) is 6.92 Å². The molecule has 132 valence electrons. The minimum atomic E-state index is -4.53. The number of nitro groups is 1. The molecule has 1 aliphatic heterocycles. The number of halogens is 3. The number of likely N-dealkylation sites (tertiary alicyclic amines) is 1. The topological polar surface area (TPSA) is 72.7 Å². The highest BCUT2D eigenvalue weighted by atomic mass is 19.4. The zero-order valence-corrected chi connectivity index (χ0v) is 13.0. The molecule has 1 saturated heterocycles. The largest absolute Gasteiger partial charge is 0.484 e. The van der Waals surface area contributed by atoms with E-state index >= 15 is 0 Å². The first-order valence-corrected chi connectivity index (χ1v) is 7.44. The summed E-state index contributed by atoms with van der Waals surface area (Å²) in [6.07, 6.45) is -2.97. The highest BCUT2D eigenvalue weighted by molar-refractivity contribution is 5.98. The Morgan fingerprint density at radius 3 is 2.54 bits per heavy atom. The number of benzene rings is 1. The van der Waals surface area contributed by atoms with Crippen LogP contribution >= 0.6 is 0 Å². The molecule has 0 bridgehead atoms. The molecule has 0 atom stereocenters. The van der Waals surface area contributed by atoms with Crippen LogP contribution in [0.2, 0.25) is 0 Å². The Balaban J connectivity index is 2.24. The number of nitrogens with zero attached hydrogens (tertiary/aromatic N) is 2. The van der Waals surface area contributed by atoms with Crippen molar-refractivity contribution in [2.45, 2.75) is 25.9 Å². The van der Waals surface area contributed by atoms with Gasteiger partial charge in [0.05, 0.1) is 4.92 Å². The van der Waals surface area contributed by atoms with Gasteiger partial charge in [-0.3, -0.25) is 14.9 Å². The molecule has 1 heterocycles. The summed E-state index contributed by atoms with van der Waals surface area (Å²) >= 11 is 0. The Labute approximate surface area is 136 Å². The van der Waals surface area contributed by atoms with Crippen LogP contribution in [0, 0.1) is 16.0 Å². The molecule has 2 rings (SSSR count). The lowest BCUT2D eigenvalue weighted by Gasteiger charge is -2.30. The molecule has 0 aliphatic carbocycles. The van der Waals surface area contributed by atoms with Crippen molar-refractivity contribution < 1.29 is 27.6 Å². The van der Waals surface area contributed by atoms with Gasteiger partial charge in [0.15, 0.2) is 6.61 Å². The summed E-state index contributed by atoms with van der Waals surface area (Å²) in [6, 6.07) is 3.05. The van der Waals surface area contributed by atoms with Gasteiger partial charge >= 0.3 is 6.18 Å². The molecule has 24 heavy (non-hydrogen) atoms. The maximum atomic E-state index is 12.5. The molecule has 1 fully saturated rings. The Morgan fingerprint density at radius 2 is 2.00 bits per heavy atom. The number of hydrogen-bond donors (Lipinski definition) is 0. The van der Waals surface area contributed by atoms with Crippen molar-refractivity contribution in [1.29, 1.82) is 0 Å². The van der Waals surface area contributed by atoms with Gasteiger partial charge in [-0.25, -0.2) is 0 Å². The van der Waals surface area contributed by atoms with Crippen molar-refractivity contribution in [1.82, 2.24) is 4.90 Å². The number of nitro benzene ring substituents is 1. The minimum Gasteiger partial charge on any atom is -0.484 e. The van der Waals surface area contributed by atoms with Crippen molar-refractivity contribution in [3.63, 3.8) is 0 Å². The van der Waals surface area contributed by atoms with E-state index in [0.29, 0.717) is 19.0 Å². The average molecular weight is 346 g/mol. The number of carbonyl (C=O) groups is 1. The van der Waals surface area contributed by atoms with Gasteiger partial charge in [0.25, 0.3) is 11.6 Å². The fourth-order valence-electron chi connectivity index (χ4n) is 2.48. The molecule has 0 aromatic heterocycles. The van der Waals surface area contributed by atoms with Crippen LogP contribution in [0.25, 0.3) is 0 Å². The molecule has 1 aromatic carbocycles. The predicted molar refractivity (Wildman–Crippen MR) is 78.9 cm³/mol. The fourth-order valence-corrected chi connectivity index (χ4v) is 2.48. The lowest BCUT2D eigenvalue weighted by atomic mass is 9.98. The molecular weight excluding hydrogens is 329 g/mol. The van der Waals surface area contributed by atoms with Gasteiger partial charge in [0.1, 0.15) is 11.3 Å². The second kappa shape index (κ2) is 7.06. The van der Waals surface area contributed by atoms with Crippen molar-refractivity contribution in [3.05, 3.63) is 33.9 Å². The average Bonchev–Trinajstić information content (AvgIpc) is 2.52. The first kappa shape index (κ1) is 18.0. The number of rotatable bonds is 4. The quantitative estimate of drug-likeness (QED) is 0.619. The standard InChI is InChI=1S/C15H17F3N2O4/c1-10-4-6-19(7-5-10)14(21)12-8-11(24-9-15(16,17)18)2-3-13(12)20(22)23/h2-3,8,10H,4-7,9H2,1H3. The molecule has 0 spiro atoms. The lowest BCUT2D eigenvalue weighted by Crippen LogP contribution is -2.38. The third-order valence-corrected chi connectivity index (χ3v) is 3.87. The fraction of sp³-hybridized carbons (Fsp3) is 0.533. The zero-order valence-electron chi connectivity index (χ0n) is 13.0. The van der Waals surface area contributed by atoms with Crippen LogP contribution in [-0.2, 0) is 0 Å². The van der Waals surface area contributed by atoms with Crippen molar-refractivity contribution in [2.75, 3.05) is 19.7 Å². The second-order valence-electron chi connectivity index (χ2n) is 5.81. The summed E-state index contributed by atoms with van der Waals surface area (Å²) in [4.78, 5) is 24.4. The highest BCUT2D eigenvalue weighted by Crippen LogP contribution is 2.28. The van der Waals surface area contributed by atoms with Crippen LogP contribution in [0.5, 0.6) is 5.75 Å². The number of ether oxygens (including phenoxy) is 1. The Kier molecular flexibility index (Phi) is 5.30. The Bertz CT molecular complexity index is 626. The van der Waals surface area contributed by atoms with Crippen LogP contribution in [-0.4, -0.2) is 41.6 Å². The number of piperidine rings is 1. The van der Waals surface area contributed by atoms with Crippen LogP contribution < -0.4 is 4.74 Å². The summed E-state index contributed by atoms with van der Waals surface area (Å²) in [5, 5.41) is 11.1. The van der Waals surface area contributed by atoms with E-state index in [2.05, 4.69) is 11.7 Å². The van der Waals surface area contributed by atoms with Crippen LogP contribution in [0.4, 0.5) is 18.9 Å². The first-order chi connectivity index (χ1) is 11.2. The molecule has 9 heteroatoms. The predicted octanol–water partition coefficient (Wildman–Crippen LogP) is 3.41. The maximum Gasteiger partial charge on any atom is 0.422 e. The molecule has 0 N–H and O–H groups in total. The SMILES string of the molecule is CC1CCN(C(=O)c2cc(OCC(F)(F)F)ccc2[N+](=O)[O-])CC1. The van der Waals surface area contributed by atoms with E-state index in [1.807, 2.05) is 0 Å². The molecule has 6 nitrogen and oxygen atoms in total. The van der Waals surface area contributed by atoms with Crippen molar-refractivity contribution in [3.8, 4) is 5.75 Å². The third kappa shape index (κ3) is 4.59. The normalized spacial score (nSPS) is 16.1. The number of amides is 1. The molecule has 0 saturated carbocycles. The first-order valence-electron chi connectivity index (χ1n) is 7.44. The van der Waals surface area contributed by atoms with E-state index in [1.165, 1.54) is 4.90 Å². The Hall–Kier alpha value is -2.32. The highest BCUT2D eigenvalue weighted by Gasteiger charge is 2.30. The van der Waals surface area contributed by atoms with E-state index in [1.54, 1.807) is 0 Å². The summed E-state index contributed by atoms with van der Waals surface area (Å²) in [5.74, 6) is -0.330. The van der Waals surface area contributed by atoms with E-state index in [9.17, 15) is 28.1 Å². The van der Waals surface area contributed by atoms with Gasteiger partial charge in [-0.05, 0) is 30.9 Å². The minimum absolute atomic E-state index is 0.230. The summed E-state index contributed by atoms with van der Waals surface area (Å²) < 4.78 is 41.3. The van der Waals surface area contributed by atoms with Gasteiger partial charge in [-0.15, -0.1) is 0 Å². The van der Waals surface area contributed by atoms with E-state index < -0.39 is 29.3 Å². The summed E-state index contributed by atoms with van der Waals surface area (Å²) in [6.45, 7) is 1.45. The van der Waals surface area contributed by atoms with Crippen LogP contribution in [0.3, 0.4) is 0 Å². The van der Waals surface area contributed by atoms with Gasteiger partial charge in [-0.2, -0.15) is 13.2 Å².